The number of ether oxygens (including phenoxy) is 1. The van der Waals surface area contributed by atoms with E-state index in [-0.39, 0.29) is 28.0 Å². The predicted octanol–water partition coefficient (Wildman–Crippen LogP) is 7.02. The molecule has 4 aromatic heterocycles. The number of fused-ring (bicyclic) bond motifs is 8. The Morgan fingerprint density at radius 1 is 0.923 bits per heavy atom. The van der Waals surface area contributed by atoms with Crippen LogP contribution in [0, 0.1) is 13.8 Å². The topological polar surface area (TPSA) is 233 Å². The molecule has 346 valence electrons. The molecule has 0 unspecified atom stereocenters. The summed E-state index contributed by atoms with van der Waals surface area (Å²) in [6.07, 6.45) is 6.09. The Kier molecular flexibility index (Phi) is 14.0. The summed E-state index contributed by atoms with van der Waals surface area (Å²) in [6, 6.07) is 6.66. The lowest BCUT2D eigenvalue weighted by Crippen LogP contribution is -2.41. The van der Waals surface area contributed by atoms with Crippen LogP contribution in [0.4, 0.5) is 11.8 Å². The second-order valence-corrected chi connectivity index (χ2v) is 23.9. The smallest absolute Gasteiger partial charge is 0.297 e. The van der Waals surface area contributed by atoms with Crippen LogP contribution in [0.3, 0.4) is 0 Å². The first-order chi connectivity index (χ1) is 30.9. The van der Waals surface area contributed by atoms with E-state index >= 15 is 0 Å². The number of imidazole rings is 1. The lowest BCUT2D eigenvalue weighted by molar-refractivity contribution is 0.0985. The van der Waals surface area contributed by atoms with Crippen LogP contribution in [0.15, 0.2) is 40.4 Å². The first-order valence-corrected chi connectivity index (χ1v) is 26.0. The van der Waals surface area contributed by atoms with Crippen molar-refractivity contribution in [3.05, 3.63) is 69.9 Å². The minimum absolute atomic E-state index is 0.0590. The Hall–Kier alpha value is -5.86. The van der Waals surface area contributed by atoms with Crippen LogP contribution in [-0.4, -0.2) is 91.0 Å². The van der Waals surface area contributed by atoms with Gasteiger partial charge in [-0.05, 0) is 107 Å². The third-order valence-electron chi connectivity index (χ3n) is 12.3. The van der Waals surface area contributed by atoms with Crippen LogP contribution in [0.5, 0.6) is 5.75 Å². The Labute approximate surface area is 384 Å². The molecule has 5 N–H and O–H groups in total. The molecule has 18 nitrogen and oxygen atoms in total. The van der Waals surface area contributed by atoms with Crippen molar-refractivity contribution in [1.82, 2.24) is 34.1 Å². The fourth-order valence-corrected chi connectivity index (χ4v) is 9.97. The number of hydrogen-bond acceptors (Lipinski definition) is 12. The highest BCUT2D eigenvalue weighted by Crippen LogP contribution is 2.40. The van der Waals surface area contributed by atoms with Crippen molar-refractivity contribution in [1.29, 1.82) is 0 Å². The quantitative estimate of drug-likeness (QED) is 0.100. The number of nitrogens with one attached hydrogen (secondary N) is 1. The van der Waals surface area contributed by atoms with E-state index in [1.54, 1.807) is 33.6 Å². The molecule has 0 saturated carbocycles. The number of nitrogens with two attached hydrogens (primary N) is 2. The van der Waals surface area contributed by atoms with Gasteiger partial charge in [0.1, 0.15) is 28.5 Å². The van der Waals surface area contributed by atoms with Gasteiger partial charge in [-0.15, -0.1) is 0 Å². The molecular formula is C45H60N12O6SSi. The maximum atomic E-state index is 14.3. The molecule has 0 spiro atoms. The molecule has 5 aromatic rings. The van der Waals surface area contributed by atoms with E-state index in [1.165, 1.54) is 18.0 Å². The Balaban J connectivity index is 1.26. The number of thioether (sulfide) groups is 1. The van der Waals surface area contributed by atoms with Gasteiger partial charge in [0.2, 0.25) is 17.8 Å². The average Bonchev–Trinajstić information content (AvgIpc) is 3.98. The van der Waals surface area contributed by atoms with Gasteiger partial charge in [-0.2, -0.15) is 15.2 Å². The molecule has 0 bridgehead atoms. The number of aliphatic imine (C=N–C) groups is 1. The lowest BCUT2D eigenvalue weighted by Gasteiger charge is -2.36. The first-order valence-electron chi connectivity index (χ1n) is 22.3. The van der Waals surface area contributed by atoms with Gasteiger partial charge >= 0.3 is 0 Å². The predicted molar refractivity (Wildman–Crippen MR) is 254 cm³/mol. The van der Waals surface area contributed by atoms with Gasteiger partial charge < -0.3 is 30.1 Å². The van der Waals surface area contributed by atoms with Gasteiger partial charge in [-0.1, -0.05) is 27.2 Å². The number of anilines is 2. The number of carbonyl (C=O) groups is 4. The van der Waals surface area contributed by atoms with Gasteiger partial charge in [0, 0.05) is 56.5 Å². The standard InChI is InChI=1S/C45H60N12O6SSi/c1-9-56-36-31(28(3)53-56)16-11-10-12-19-57-33(22-27(2)52-57)41(60)50-43-49-32-23-29(38(46)58)24-34(62-20-15-21-63-65(7,8)45(4,5)6)37(32)54(43)17-13-14-18-55-40-35(64-44(55)51-42(36)61)25-30(26-48-40)39(47)59/h22-26H,9-21H2,1-8H3,(H2,46,58)(H2,47,59)(H,49,50,60)/b51-44-. The number of primary amides is 2. The van der Waals surface area contributed by atoms with Crippen molar-refractivity contribution in [3.63, 3.8) is 0 Å². The Bertz CT molecular complexity index is 2680. The summed E-state index contributed by atoms with van der Waals surface area (Å²) in [5.74, 6) is -0.814. The van der Waals surface area contributed by atoms with Gasteiger partial charge in [-0.25, -0.2) is 9.97 Å². The summed E-state index contributed by atoms with van der Waals surface area (Å²) in [4.78, 5) is 70.1. The van der Waals surface area contributed by atoms with E-state index < -0.39 is 26.0 Å². The van der Waals surface area contributed by atoms with Gasteiger partial charge in [-0.3, -0.25) is 33.9 Å². The molecular weight excluding hydrogens is 865 g/mol. The van der Waals surface area contributed by atoms with Crippen LogP contribution >= 0.6 is 11.8 Å². The molecule has 65 heavy (non-hydrogen) atoms. The number of amides is 4. The molecule has 20 heteroatoms. The number of aromatic nitrogens is 7. The van der Waals surface area contributed by atoms with Gasteiger partial charge in [0.05, 0.1) is 34.0 Å². The molecule has 0 atom stereocenters. The average molecular weight is 925 g/mol. The number of aryl methyl sites for hydroxylation is 5. The van der Waals surface area contributed by atoms with Crippen molar-refractivity contribution in [2.24, 2.45) is 16.5 Å². The maximum absolute atomic E-state index is 14.3. The summed E-state index contributed by atoms with van der Waals surface area (Å²) < 4.78 is 18.2. The molecule has 0 fully saturated rings. The summed E-state index contributed by atoms with van der Waals surface area (Å²) >= 11 is 1.26. The normalized spacial score (nSPS) is 16.4. The third-order valence-corrected chi connectivity index (χ3v) is 17.9. The monoisotopic (exact) mass is 924 g/mol. The highest BCUT2D eigenvalue weighted by atomic mass is 32.2. The Morgan fingerprint density at radius 3 is 2.38 bits per heavy atom. The van der Waals surface area contributed by atoms with Gasteiger partial charge in [0.15, 0.2) is 13.5 Å². The summed E-state index contributed by atoms with van der Waals surface area (Å²) in [6.45, 7) is 19.3. The maximum Gasteiger partial charge on any atom is 0.297 e. The molecule has 7 rings (SSSR count). The van der Waals surface area contributed by atoms with Crippen molar-refractivity contribution < 1.29 is 28.3 Å². The number of carbonyl (C=O) groups excluding carboxylic acids is 4. The minimum Gasteiger partial charge on any atom is -0.491 e. The van der Waals surface area contributed by atoms with E-state index in [1.807, 2.05) is 30.2 Å². The zero-order valence-electron chi connectivity index (χ0n) is 38.6. The van der Waals surface area contributed by atoms with Crippen LogP contribution in [-0.2, 0) is 30.5 Å². The van der Waals surface area contributed by atoms with Crippen molar-refractivity contribution >= 4 is 71.7 Å². The van der Waals surface area contributed by atoms with Crippen molar-refractivity contribution in [3.8, 4) is 5.75 Å². The number of rotatable bonds is 9. The zero-order chi connectivity index (χ0) is 46.8. The molecule has 2 aliphatic heterocycles. The first kappa shape index (κ1) is 47.1. The third kappa shape index (κ3) is 10.2. The molecule has 2 aliphatic rings. The summed E-state index contributed by atoms with van der Waals surface area (Å²) in [5, 5.41) is 12.9. The van der Waals surface area contributed by atoms with Crippen molar-refractivity contribution in [2.75, 3.05) is 30.0 Å². The van der Waals surface area contributed by atoms with E-state index in [0.717, 1.165) is 30.5 Å². The fourth-order valence-electron chi connectivity index (χ4n) is 7.83. The van der Waals surface area contributed by atoms with E-state index in [2.05, 4.69) is 49.3 Å². The van der Waals surface area contributed by atoms with E-state index in [4.69, 9.17) is 35.7 Å². The van der Waals surface area contributed by atoms with Gasteiger partial charge in [0.25, 0.3) is 11.8 Å². The number of hydrogen-bond donors (Lipinski definition) is 3. The largest absolute Gasteiger partial charge is 0.491 e. The van der Waals surface area contributed by atoms with E-state index in [9.17, 15) is 19.2 Å². The highest BCUT2D eigenvalue weighted by Gasteiger charge is 2.37. The molecule has 0 aliphatic carbocycles. The molecule has 0 saturated heterocycles. The van der Waals surface area contributed by atoms with Crippen LogP contribution < -0.4 is 26.4 Å². The van der Waals surface area contributed by atoms with Crippen LogP contribution in [0.1, 0.15) is 125 Å². The molecule has 0 radical (unpaired) electrons. The number of pyridine rings is 1. The number of amidine groups is 1. The second kappa shape index (κ2) is 19.3. The SMILES string of the molecule is CCn1nc(C)c2c1C(=O)/N=C1\Sc3cc(C(N)=O)cnc3N1CCCCn1c(nc3cc(C(N)=O)cc(OCCCO[Si](C)(C)C(C)(C)C)c31)NC(=O)c1cc(C)nn1CCCCC2. The van der Waals surface area contributed by atoms with Crippen LogP contribution in [0.2, 0.25) is 18.1 Å². The molecule has 6 heterocycles. The number of nitrogens with zero attached hydrogens (tertiary/aromatic N) is 9. The second-order valence-electron chi connectivity index (χ2n) is 18.1. The zero-order valence-corrected chi connectivity index (χ0v) is 40.4. The minimum atomic E-state index is -1.98. The summed E-state index contributed by atoms with van der Waals surface area (Å²) in [5.41, 5.74) is 16.1. The number of benzene rings is 1. The van der Waals surface area contributed by atoms with E-state index in [0.29, 0.717) is 115 Å². The van der Waals surface area contributed by atoms with Crippen molar-refractivity contribution in [2.45, 2.75) is 129 Å². The summed E-state index contributed by atoms with van der Waals surface area (Å²) in [7, 11) is -1.98. The molecule has 1 aromatic carbocycles. The van der Waals surface area contributed by atoms with Crippen LogP contribution in [0.25, 0.3) is 11.0 Å². The highest BCUT2D eigenvalue weighted by molar-refractivity contribution is 8.14. The Morgan fingerprint density at radius 2 is 1.66 bits per heavy atom. The molecule has 4 amide bonds. The lowest BCUT2D eigenvalue weighted by atomic mass is 10.0. The fraction of sp³-hybridized carbons (Fsp3) is 0.489.